The number of benzene rings is 2. The largest absolute Gasteiger partial charge is 0.573 e. The fourth-order valence-electron chi connectivity index (χ4n) is 3.48. The minimum Gasteiger partial charge on any atom is -0.497 e. The maximum atomic E-state index is 13.2. The third-order valence-electron chi connectivity index (χ3n) is 4.66. The fourth-order valence-corrected chi connectivity index (χ4v) is 3.48. The molecular formula is C20H9F3O6. The van der Waals surface area contributed by atoms with E-state index in [9.17, 15) is 22.8 Å². The van der Waals surface area contributed by atoms with Crippen molar-refractivity contribution in [3.05, 3.63) is 59.0 Å². The average molecular weight is 402 g/mol. The predicted octanol–water partition coefficient (Wildman–Crippen LogP) is 4.86. The van der Waals surface area contributed by atoms with Crippen molar-refractivity contribution < 1.29 is 41.1 Å². The van der Waals surface area contributed by atoms with Gasteiger partial charge in [0, 0.05) is 22.9 Å². The molecule has 5 rings (SSSR count). The zero-order valence-electron chi connectivity index (χ0n) is 14.5. The van der Waals surface area contributed by atoms with Gasteiger partial charge >= 0.3 is 6.36 Å². The molecule has 0 N–H and O–H groups in total. The number of alkyl halides is 3. The van der Waals surface area contributed by atoms with Crippen LogP contribution in [0, 0.1) is 0 Å². The molecule has 1 aliphatic rings. The van der Waals surface area contributed by atoms with Gasteiger partial charge in [0.05, 0.1) is 18.2 Å². The lowest BCUT2D eigenvalue weighted by Gasteiger charge is -2.08. The van der Waals surface area contributed by atoms with Gasteiger partial charge in [-0.2, -0.15) is 0 Å². The summed E-state index contributed by atoms with van der Waals surface area (Å²) in [6.07, 6.45) is -4.88. The van der Waals surface area contributed by atoms with E-state index >= 15 is 0 Å². The molecule has 0 radical (unpaired) electrons. The van der Waals surface area contributed by atoms with Crippen LogP contribution in [0.25, 0.3) is 21.9 Å². The van der Waals surface area contributed by atoms with Crippen molar-refractivity contribution in [2.75, 3.05) is 7.11 Å². The molecule has 0 unspecified atom stereocenters. The van der Waals surface area contributed by atoms with Crippen LogP contribution in [0.5, 0.6) is 11.5 Å². The number of fused-ring (bicyclic) bond motifs is 6. The van der Waals surface area contributed by atoms with Gasteiger partial charge in [-0.15, -0.1) is 13.2 Å². The first kappa shape index (κ1) is 17.4. The molecule has 29 heavy (non-hydrogen) atoms. The van der Waals surface area contributed by atoms with Gasteiger partial charge in [-0.1, -0.05) is 0 Å². The molecule has 146 valence electrons. The zero-order valence-corrected chi connectivity index (χ0v) is 14.5. The van der Waals surface area contributed by atoms with Crippen LogP contribution < -0.4 is 9.47 Å². The summed E-state index contributed by atoms with van der Waals surface area (Å²) in [4.78, 5) is 26.0. The summed E-state index contributed by atoms with van der Waals surface area (Å²) in [7, 11) is 1.47. The number of carbonyl (C=O) groups is 2. The van der Waals surface area contributed by atoms with E-state index in [1.54, 1.807) is 18.2 Å². The summed E-state index contributed by atoms with van der Waals surface area (Å²) in [6.45, 7) is 0. The minimum atomic E-state index is -4.88. The fraction of sp³-hybridized carbons (Fsp3) is 0.100. The van der Waals surface area contributed by atoms with Gasteiger partial charge in [0.15, 0.2) is 11.5 Å². The van der Waals surface area contributed by atoms with Crippen LogP contribution in [0.2, 0.25) is 0 Å². The molecule has 0 fully saturated rings. The number of carbonyl (C=O) groups excluding carboxylic acids is 2. The maximum Gasteiger partial charge on any atom is 0.573 e. The third-order valence-corrected chi connectivity index (χ3v) is 4.66. The van der Waals surface area contributed by atoms with Crippen LogP contribution in [-0.2, 0) is 0 Å². The van der Waals surface area contributed by atoms with Crippen molar-refractivity contribution in [3.8, 4) is 11.5 Å². The van der Waals surface area contributed by atoms with Crippen LogP contribution in [0.4, 0.5) is 13.2 Å². The highest BCUT2D eigenvalue weighted by Gasteiger charge is 2.40. The molecule has 9 heteroatoms. The number of ketones is 2. The van der Waals surface area contributed by atoms with E-state index in [1.165, 1.54) is 13.2 Å². The summed E-state index contributed by atoms with van der Waals surface area (Å²) < 4.78 is 57.3. The van der Waals surface area contributed by atoms with Crippen LogP contribution in [0.1, 0.15) is 32.2 Å². The Morgan fingerprint density at radius 2 is 1.31 bits per heavy atom. The van der Waals surface area contributed by atoms with Crippen molar-refractivity contribution in [1.29, 1.82) is 0 Å². The van der Waals surface area contributed by atoms with Crippen LogP contribution in [-0.4, -0.2) is 25.0 Å². The monoisotopic (exact) mass is 402 g/mol. The summed E-state index contributed by atoms with van der Waals surface area (Å²) in [6, 6.07) is 8.06. The molecule has 2 heterocycles. The van der Waals surface area contributed by atoms with E-state index in [4.69, 9.17) is 13.6 Å². The molecule has 2 aromatic carbocycles. The lowest BCUT2D eigenvalue weighted by Crippen LogP contribution is -2.17. The molecule has 0 spiro atoms. The van der Waals surface area contributed by atoms with Crippen LogP contribution in [0.15, 0.2) is 45.2 Å². The normalized spacial score (nSPS) is 13.7. The second kappa shape index (κ2) is 5.63. The maximum absolute atomic E-state index is 13.2. The summed E-state index contributed by atoms with van der Waals surface area (Å²) in [5, 5.41) is 0.637. The van der Waals surface area contributed by atoms with Crippen LogP contribution in [0.3, 0.4) is 0 Å². The van der Waals surface area contributed by atoms with E-state index in [2.05, 4.69) is 4.74 Å². The van der Waals surface area contributed by atoms with Gasteiger partial charge in [0.2, 0.25) is 5.78 Å². The number of hydrogen-bond acceptors (Lipinski definition) is 6. The molecule has 4 aromatic rings. The Morgan fingerprint density at radius 1 is 0.793 bits per heavy atom. The first-order valence-corrected chi connectivity index (χ1v) is 8.29. The number of methoxy groups -OCH3 is 1. The lowest BCUT2D eigenvalue weighted by atomic mass is 9.90. The lowest BCUT2D eigenvalue weighted by molar-refractivity contribution is -0.274. The second-order valence-electron chi connectivity index (χ2n) is 6.34. The Hall–Kier alpha value is -3.75. The number of ether oxygens (including phenoxy) is 2. The van der Waals surface area contributed by atoms with Crippen molar-refractivity contribution in [2.45, 2.75) is 6.36 Å². The van der Waals surface area contributed by atoms with E-state index in [-0.39, 0.29) is 33.6 Å². The summed E-state index contributed by atoms with van der Waals surface area (Å²) in [5.74, 6) is -1.68. The standard InChI is InChI=1S/C20H9F3O6/c1-26-8-2-4-10-12(6-8)27-18-14(10)16(24)15-11-5-3-9(29-20(21,22)23)7-13(11)28-19(15)17(18)25/h2-7H,1H3. The van der Waals surface area contributed by atoms with Gasteiger partial charge < -0.3 is 18.3 Å². The molecule has 0 atom stereocenters. The first-order valence-electron chi connectivity index (χ1n) is 8.29. The Labute approximate surface area is 159 Å². The smallest absolute Gasteiger partial charge is 0.497 e. The van der Waals surface area contributed by atoms with E-state index < -0.39 is 23.7 Å². The Balaban J connectivity index is 1.69. The molecular weight excluding hydrogens is 393 g/mol. The first-order chi connectivity index (χ1) is 13.8. The molecule has 0 saturated carbocycles. The molecule has 0 bridgehead atoms. The molecule has 0 saturated heterocycles. The molecule has 2 aromatic heterocycles. The summed E-state index contributed by atoms with van der Waals surface area (Å²) in [5.41, 5.74) is 0.286. The molecule has 0 amide bonds. The highest BCUT2D eigenvalue weighted by molar-refractivity contribution is 6.34. The third kappa shape index (κ3) is 2.50. The number of halogens is 3. The van der Waals surface area contributed by atoms with E-state index in [0.29, 0.717) is 16.7 Å². The summed E-state index contributed by atoms with van der Waals surface area (Å²) >= 11 is 0. The van der Waals surface area contributed by atoms with Gasteiger partial charge in [-0.3, -0.25) is 9.59 Å². The van der Waals surface area contributed by atoms with Crippen molar-refractivity contribution in [2.24, 2.45) is 0 Å². The topological polar surface area (TPSA) is 78.9 Å². The SMILES string of the molecule is COc1ccc2c3c(oc2c1)C(=O)c1oc2cc(OC(F)(F)F)ccc2c1C3=O. The number of hydrogen-bond donors (Lipinski definition) is 0. The van der Waals surface area contributed by atoms with E-state index in [1.807, 2.05) is 0 Å². The molecule has 0 aliphatic heterocycles. The van der Waals surface area contributed by atoms with Gasteiger partial charge in [-0.25, -0.2) is 0 Å². The quantitative estimate of drug-likeness (QED) is 0.420. The Morgan fingerprint density at radius 3 is 1.83 bits per heavy atom. The van der Waals surface area contributed by atoms with Gasteiger partial charge in [-0.05, 0) is 24.3 Å². The average Bonchev–Trinajstić information content (AvgIpc) is 3.23. The predicted molar refractivity (Wildman–Crippen MR) is 92.5 cm³/mol. The minimum absolute atomic E-state index is 0.0189. The number of furan rings is 2. The Kier molecular flexibility index (Phi) is 3.37. The highest BCUT2D eigenvalue weighted by atomic mass is 19.4. The molecule has 6 nitrogen and oxygen atoms in total. The Bertz CT molecular complexity index is 1340. The van der Waals surface area contributed by atoms with E-state index in [0.717, 1.165) is 12.1 Å². The van der Waals surface area contributed by atoms with Crippen molar-refractivity contribution in [3.63, 3.8) is 0 Å². The van der Waals surface area contributed by atoms with Crippen LogP contribution >= 0.6 is 0 Å². The van der Waals surface area contributed by atoms with Crippen molar-refractivity contribution >= 4 is 33.5 Å². The van der Waals surface area contributed by atoms with Gasteiger partial charge in [0.1, 0.15) is 22.7 Å². The zero-order chi connectivity index (χ0) is 20.5. The highest BCUT2D eigenvalue weighted by Crippen LogP contribution is 2.41. The van der Waals surface area contributed by atoms with Gasteiger partial charge in [0.25, 0.3) is 5.78 Å². The second-order valence-corrected chi connectivity index (χ2v) is 6.34. The molecule has 1 aliphatic carbocycles. The van der Waals surface area contributed by atoms with Crippen molar-refractivity contribution in [1.82, 2.24) is 0 Å². The number of rotatable bonds is 2.